The Kier molecular flexibility index (Phi) is 3.53. The number of amides is 1. The molecule has 1 aromatic heterocycles. The Balaban J connectivity index is 1.79. The van der Waals surface area contributed by atoms with E-state index < -0.39 is 0 Å². The van der Waals surface area contributed by atoms with Crippen LogP contribution in [0, 0.1) is 0 Å². The molecule has 0 saturated carbocycles. The van der Waals surface area contributed by atoms with E-state index in [4.69, 9.17) is 5.73 Å². The van der Waals surface area contributed by atoms with Crippen LogP contribution in [0.1, 0.15) is 27.7 Å². The molecule has 1 heterocycles. The van der Waals surface area contributed by atoms with Gasteiger partial charge in [0.05, 0.1) is 6.04 Å². The van der Waals surface area contributed by atoms with Crippen molar-refractivity contribution in [2.75, 3.05) is 12.4 Å². The Morgan fingerprint density at radius 2 is 2.05 bits per heavy atom. The molecule has 2 unspecified atom stereocenters. The van der Waals surface area contributed by atoms with Crippen LogP contribution in [0.25, 0.3) is 0 Å². The van der Waals surface area contributed by atoms with Crippen molar-refractivity contribution in [1.29, 1.82) is 0 Å². The van der Waals surface area contributed by atoms with E-state index in [0.717, 1.165) is 6.42 Å². The number of benzene rings is 1. The van der Waals surface area contributed by atoms with Crippen LogP contribution in [0.5, 0.6) is 0 Å². The number of fused-ring (bicyclic) bond motifs is 1. The minimum absolute atomic E-state index is 0.00261. The Morgan fingerprint density at radius 3 is 2.76 bits per heavy atom. The highest BCUT2D eigenvalue weighted by Crippen LogP contribution is 2.32. The molecule has 108 valence electrons. The lowest BCUT2D eigenvalue weighted by Gasteiger charge is -2.19. The van der Waals surface area contributed by atoms with Gasteiger partial charge < -0.3 is 16.4 Å². The van der Waals surface area contributed by atoms with E-state index in [1.54, 1.807) is 19.2 Å². The second-order valence-electron chi connectivity index (χ2n) is 5.07. The summed E-state index contributed by atoms with van der Waals surface area (Å²) in [5.41, 5.74) is 8.95. The normalized spacial score (nSPS) is 19.9. The van der Waals surface area contributed by atoms with Gasteiger partial charge in [0.1, 0.15) is 5.82 Å². The molecule has 0 spiro atoms. The molecule has 1 amide bonds. The Bertz CT molecular complexity index is 655. The summed E-state index contributed by atoms with van der Waals surface area (Å²) in [6.45, 7) is 0. The van der Waals surface area contributed by atoms with Crippen molar-refractivity contribution in [3.63, 3.8) is 0 Å². The summed E-state index contributed by atoms with van der Waals surface area (Å²) in [6.07, 6.45) is 0.845. The fraction of sp³-hybridized carbons (Fsp3) is 0.267. The second kappa shape index (κ2) is 5.49. The molecule has 4 N–H and O–H groups in total. The third kappa shape index (κ3) is 2.57. The maximum atomic E-state index is 11.4. The van der Waals surface area contributed by atoms with E-state index in [0.29, 0.717) is 11.5 Å². The van der Waals surface area contributed by atoms with Crippen molar-refractivity contribution in [2.24, 2.45) is 5.73 Å². The summed E-state index contributed by atoms with van der Waals surface area (Å²) in [6, 6.07) is 11.6. The molecule has 3 rings (SSSR count). The predicted molar refractivity (Wildman–Crippen MR) is 79.9 cm³/mol. The Labute approximate surface area is 122 Å². The third-order valence-corrected chi connectivity index (χ3v) is 3.70. The molecule has 0 saturated heterocycles. The number of hydrogen-bond acceptors (Lipinski definition) is 5. The maximum Gasteiger partial charge on any atom is 0.271 e. The Hall–Kier alpha value is -2.47. The first-order chi connectivity index (χ1) is 10.2. The molecule has 1 aliphatic rings. The van der Waals surface area contributed by atoms with Crippen LogP contribution in [0.15, 0.2) is 36.4 Å². The molecular formula is C15H17N5O. The molecule has 21 heavy (non-hydrogen) atoms. The van der Waals surface area contributed by atoms with Crippen LogP contribution < -0.4 is 16.4 Å². The fourth-order valence-electron chi connectivity index (χ4n) is 2.63. The highest BCUT2D eigenvalue weighted by molar-refractivity contribution is 5.91. The number of hydrogen-bond donors (Lipinski definition) is 3. The average Bonchev–Trinajstić information content (AvgIpc) is 2.83. The van der Waals surface area contributed by atoms with Crippen molar-refractivity contribution in [2.45, 2.75) is 18.5 Å². The lowest BCUT2D eigenvalue weighted by molar-refractivity contribution is 0.0957. The van der Waals surface area contributed by atoms with E-state index in [9.17, 15) is 4.79 Å². The van der Waals surface area contributed by atoms with Crippen LogP contribution in [-0.2, 0) is 6.42 Å². The van der Waals surface area contributed by atoms with Crippen LogP contribution in [0.4, 0.5) is 5.82 Å². The molecule has 0 radical (unpaired) electrons. The van der Waals surface area contributed by atoms with Gasteiger partial charge in [-0.05, 0) is 29.7 Å². The van der Waals surface area contributed by atoms with E-state index in [2.05, 4.69) is 33.0 Å². The molecule has 2 atom stereocenters. The van der Waals surface area contributed by atoms with Crippen molar-refractivity contribution in [3.05, 3.63) is 53.2 Å². The topological polar surface area (TPSA) is 92.9 Å². The standard InChI is InChI=1S/C15H17N5O/c1-17-15(21)12-6-7-13(20-19-12)18-14-10-5-3-2-4-9(10)8-11(14)16/h2-7,11,14H,8,16H2,1H3,(H,17,21)(H,18,20). The number of nitrogens with one attached hydrogen (secondary N) is 2. The lowest BCUT2D eigenvalue weighted by atomic mass is 10.1. The van der Waals surface area contributed by atoms with Crippen LogP contribution in [0.2, 0.25) is 0 Å². The molecule has 6 nitrogen and oxygen atoms in total. The largest absolute Gasteiger partial charge is 0.360 e. The zero-order chi connectivity index (χ0) is 14.8. The van der Waals surface area contributed by atoms with E-state index >= 15 is 0 Å². The summed E-state index contributed by atoms with van der Waals surface area (Å²) in [5, 5.41) is 13.8. The Morgan fingerprint density at radius 1 is 1.24 bits per heavy atom. The average molecular weight is 283 g/mol. The molecule has 1 aromatic carbocycles. The highest BCUT2D eigenvalue weighted by Gasteiger charge is 2.29. The van der Waals surface area contributed by atoms with Crippen molar-refractivity contribution in [3.8, 4) is 0 Å². The summed E-state index contributed by atoms with van der Waals surface area (Å²) in [5.74, 6) is 0.358. The summed E-state index contributed by atoms with van der Waals surface area (Å²) >= 11 is 0. The van der Waals surface area contributed by atoms with Crippen LogP contribution in [-0.4, -0.2) is 29.2 Å². The molecule has 2 aromatic rings. The van der Waals surface area contributed by atoms with Gasteiger partial charge >= 0.3 is 0 Å². The van der Waals surface area contributed by atoms with Gasteiger partial charge in [0, 0.05) is 13.1 Å². The van der Waals surface area contributed by atoms with Crippen LogP contribution in [0.3, 0.4) is 0 Å². The number of carbonyl (C=O) groups is 1. The van der Waals surface area contributed by atoms with Gasteiger partial charge in [0.2, 0.25) is 0 Å². The van der Waals surface area contributed by atoms with Crippen molar-refractivity contribution in [1.82, 2.24) is 15.5 Å². The number of carbonyl (C=O) groups excluding carboxylic acids is 1. The number of rotatable bonds is 3. The molecular weight excluding hydrogens is 266 g/mol. The third-order valence-electron chi connectivity index (χ3n) is 3.70. The lowest BCUT2D eigenvalue weighted by Crippen LogP contribution is -2.30. The predicted octanol–water partition coefficient (Wildman–Crippen LogP) is 0.873. The number of anilines is 1. The molecule has 0 aliphatic heterocycles. The zero-order valence-corrected chi connectivity index (χ0v) is 11.7. The summed E-state index contributed by atoms with van der Waals surface area (Å²) < 4.78 is 0. The van der Waals surface area contributed by atoms with Gasteiger partial charge in [-0.3, -0.25) is 4.79 Å². The smallest absolute Gasteiger partial charge is 0.271 e. The first-order valence-corrected chi connectivity index (χ1v) is 6.85. The van der Waals surface area contributed by atoms with Gasteiger partial charge in [-0.25, -0.2) is 0 Å². The second-order valence-corrected chi connectivity index (χ2v) is 5.07. The van der Waals surface area contributed by atoms with Gasteiger partial charge in [0.15, 0.2) is 5.69 Å². The van der Waals surface area contributed by atoms with Crippen molar-refractivity contribution < 1.29 is 4.79 Å². The molecule has 6 heteroatoms. The number of nitrogens with zero attached hydrogens (tertiary/aromatic N) is 2. The van der Waals surface area contributed by atoms with Gasteiger partial charge in [-0.15, -0.1) is 10.2 Å². The van der Waals surface area contributed by atoms with Gasteiger partial charge in [-0.2, -0.15) is 0 Å². The SMILES string of the molecule is CNC(=O)c1ccc(NC2c3ccccc3CC2N)nn1. The quantitative estimate of drug-likeness (QED) is 0.777. The monoisotopic (exact) mass is 283 g/mol. The first-order valence-electron chi connectivity index (χ1n) is 6.85. The first kappa shape index (κ1) is 13.5. The zero-order valence-electron chi connectivity index (χ0n) is 11.7. The maximum absolute atomic E-state index is 11.4. The molecule has 0 fully saturated rings. The van der Waals surface area contributed by atoms with Crippen molar-refractivity contribution >= 4 is 11.7 Å². The minimum Gasteiger partial charge on any atom is -0.360 e. The van der Waals surface area contributed by atoms with Crippen LogP contribution >= 0.6 is 0 Å². The molecule has 0 bridgehead atoms. The summed E-state index contributed by atoms with van der Waals surface area (Å²) in [4.78, 5) is 11.4. The minimum atomic E-state index is -0.253. The van der Waals surface area contributed by atoms with E-state index in [1.165, 1.54) is 11.1 Å². The fourth-order valence-corrected chi connectivity index (χ4v) is 2.63. The number of nitrogens with two attached hydrogens (primary N) is 1. The highest BCUT2D eigenvalue weighted by atomic mass is 16.1. The summed E-state index contributed by atoms with van der Waals surface area (Å²) in [7, 11) is 1.56. The van der Waals surface area contributed by atoms with Gasteiger partial charge in [-0.1, -0.05) is 24.3 Å². The van der Waals surface area contributed by atoms with E-state index in [1.807, 2.05) is 12.1 Å². The molecule has 1 aliphatic carbocycles. The number of aromatic nitrogens is 2. The van der Waals surface area contributed by atoms with Gasteiger partial charge in [0.25, 0.3) is 5.91 Å². The van der Waals surface area contributed by atoms with E-state index in [-0.39, 0.29) is 18.0 Å².